The van der Waals surface area contributed by atoms with Gasteiger partial charge in [0.1, 0.15) is 0 Å². The van der Waals surface area contributed by atoms with Crippen molar-refractivity contribution in [3.8, 4) is 0 Å². The standard InChI is InChI=1S/C22H34N4O/c1-24-11-13-25(14-12-24)17-19-3-2-4-20(15-19)22(27)26-9-7-21(8-10-26)23-16-18-5-6-18/h2-4,15,18,21,23H,5-14,16-17H2,1H3. The molecule has 1 amide bonds. The molecule has 0 bridgehead atoms. The lowest BCUT2D eigenvalue weighted by Gasteiger charge is -2.33. The number of amides is 1. The number of likely N-dealkylation sites (N-methyl/N-ethyl adjacent to an activating group) is 1. The smallest absolute Gasteiger partial charge is 0.253 e. The molecule has 3 fully saturated rings. The molecule has 3 aliphatic rings. The molecule has 2 heterocycles. The molecule has 1 aliphatic carbocycles. The van der Waals surface area contributed by atoms with Gasteiger partial charge in [-0.15, -0.1) is 0 Å². The number of hydrogen-bond donors (Lipinski definition) is 1. The number of benzene rings is 1. The molecule has 1 aromatic carbocycles. The van der Waals surface area contributed by atoms with Crippen molar-refractivity contribution in [2.24, 2.45) is 5.92 Å². The molecule has 2 saturated heterocycles. The highest BCUT2D eigenvalue weighted by Gasteiger charge is 2.26. The molecule has 0 unspecified atom stereocenters. The van der Waals surface area contributed by atoms with Crippen LogP contribution in [0.15, 0.2) is 24.3 Å². The summed E-state index contributed by atoms with van der Waals surface area (Å²) in [5.41, 5.74) is 2.11. The van der Waals surface area contributed by atoms with Crippen molar-refractivity contribution in [1.29, 1.82) is 0 Å². The van der Waals surface area contributed by atoms with Crippen LogP contribution in [-0.4, -0.2) is 79.5 Å². The van der Waals surface area contributed by atoms with Gasteiger partial charge in [0, 0.05) is 57.4 Å². The first-order valence-corrected chi connectivity index (χ1v) is 10.7. The van der Waals surface area contributed by atoms with Crippen molar-refractivity contribution in [1.82, 2.24) is 20.0 Å². The van der Waals surface area contributed by atoms with Crippen molar-refractivity contribution in [2.75, 3.05) is 52.9 Å². The second kappa shape index (κ2) is 8.72. The van der Waals surface area contributed by atoms with E-state index in [0.29, 0.717) is 6.04 Å². The summed E-state index contributed by atoms with van der Waals surface area (Å²) in [5.74, 6) is 1.13. The minimum Gasteiger partial charge on any atom is -0.339 e. The highest BCUT2D eigenvalue weighted by Crippen LogP contribution is 2.28. The molecule has 27 heavy (non-hydrogen) atoms. The Hall–Kier alpha value is -1.43. The summed E-state index contributed by atoms with van der Waals surface area (Å²) in [6.07, 6.45) is 4.96. The normalized spacial score (nSPS) is 22.9. The maximum Gasteiger partial charge on any atom is 0.253 e. The second-order valence-corrected chi connectivity index (χ2v) is 8.70. The topological polar surface area (TPSA) is 38.8 Å². The molecule has 5 heteroatoms. The van der Waals surface area contributed by atoms with E-state index in [0.717, 1.165) is 70.1 Å². The lowest BCUT2D eigenvalue weighted by atomic mass is 10.0. The molecule has 0 atom stereocenters. The summed E-state index contributed by atoms with van der Waals surface area (Å²) in [4.78, 5) is 19.9. The van der Waals surface area contributed by atoms with Gasteiger partial charge in [-0.05, 0) is 62.9 Å². The third kappa shape index (κ3) is 5.31. The molecule has 1 aromatic rings. The predicted molar refractivity (Wildman–Crippen MR) is 109 cm³/mol. The summed E-state index contributed by atoms with van der Waals surface area (Å²) >= 11 is 0. The van der Waals surface area contributed by atoms with E-state index in [-0.39, 0.29) is 5.91 Å². The van der Waals surface area contributed by atoms with Gasteiger partial charge in [0.15, 0.2) is 0 Å². The molecule has 0 radical (unpaired) electrons. The summed E-state index contributed by atoms with van der Waals surface area (Å²) in [5, 5.41) is 3.69. The number of piperazine rings is 1. The molecule has 5 nitrogen and oxygen atoms in total. The van der Waals surface area contributed by atoms with Crippen LogP contribution in [0.4, 0.5) is 0 Å². The Morgan fingerprint density at radius 2 is 1.78 bits per heavy atom. The third-order valence-corrected chi connectivity index (χ3v) is 6.35. The van der Waals surface area contributed by atoms with E-state index in [9.17, 15) is 4.79 Å². The van der Waals surface area contributed by atoms with Gasteiger partial charge in [-0.2, -0.15) is 0 Å². The number of nitrogens with zero attached hydrogens (tertiary/aromatic N) is 3. The Labute approximate surface area is 163 Å². The first-order chi connectivity index (χ1) is 13.2. The minimum absolute atomic E-state index is 0.205. The van der Waals surface area contributed by atoms with Crippen molar-refractivity contribution >= 4 is 5.91 Å². The van der Waals surface area contributed by atoms with E-state index in [1.807, 2.05) is 17.0 Å². The number of piperidine rings is 1. The third-order valence-electron chi connectivity index (χ3n) is 6.35. The summed E-state index contributed by atoms with van der Waals surface area (Å²) in [7, 11) is 2.18. The van der Waals surface area contributed by atoms with Gasteiger partial charge in [0.25, 0.3) is 5.91 Å². The van der Waals surface area contributed by atoms with Gasteiger partial charge in [-0.25, -0.2) is 0 Å². The fraction of sp³-hybridized carbons (Fsp3) is 0.682. The van der Waals surface area contributed by atoms with E-state index in [1.54, 1.807) is 0 Å². The highest BCUT2D eigenvalue weighted by atomic mass is 16.2. The van der Waals surface area contributed by atoms with Gasteiger partial charge in [0.05, 0.1) is 0 Å². The van der Waals surface area contributed by atoms with Crippen LogP contribution >= 0.6 is 0 Å². The average molecular weight is 371 g/mol. The monoisotopic (exact) mass is 370 g/mol. The summed E-state index contributed by atoms with van der Waals surface area (Å²) in [6.45, 7) is 8.35. The average Bonchev–Trinajstić information content (AvgIpc) is 3.53. The fourth-order valence-corrected chi connectivity index (χ4v) is 4.19. The summed E-state index contributed by atoms with van der Waals surface area (Å²) in [6, 6.07) is 8.88. The van der Waals surface area contributed by atoms with E-state index >= 15 is 0 Å². The Morgan fingerprint density at radius 1 is 1.04 bits per heavy atom. The number of hydrogen-bond acceptors (Lipinski definition) is 4. The van der Waals surface area contributed by atoms with E-state index in [2.05, 4.69) is 34.3 Å². The van der Waals surface area contributed by atoms with Gasteiger partial charge in [-0.3, -0.25) is 9.69 Å². The first kappa shape index (κ1) is 18.9. The number of carbonyl (C=O) groups excluding carboxylic acids is 1. The quantitative estimate of drug-likeness (QED) is 0.832. The van der Waals surface area contributed by atoms with Crippen molar-refractivity contribution in [3.05, 3.63) is 35.4 Å². The molecule has 2 aliphatic heterocycles. The molecule has 4 rings (SSSR count). The van der Waals surface area contributed by atoms with Crippen LogP contribution in [0.5, 0.6) is 0 Å². The van der Waals surface area contributed by atoms with Gasteiger partial charge < -0.3 is 15.1 Å². The van der Waals surface area contributed by atoms with Crippen molar-refractivity contribution in [3.63, 3.8) is 0 Å². The number of rotatable bonds is 6. The zero-order valence-electron chi connectivity index (χ0n) is 16.7. The minimum atomic E-state index is 0.205. The van der Waals surface area contributed by atoms with Gasteiger partial charge in [-0.1, -0.05) is 12.1 Å². The van der Waals surface area contributed by atoms with Crippen molar-refractivity contribution < 1.29 is 4.79 Å². The molecule has 0 spiro atoms. The molecular weight excluding hydrogens is 336 g/mol. The Kier molecular flexibility index (Phi) is 6.11. The number of nitrogens with one attached hydrogen (secondary N) is 1. The lowest BCUT2D eigenvalue weighted by Crippen LogP contribution is -2.45. The zero-order chi connectivity index (χ0) is 18.6. The van der Waals surface area contributed by atoms with E-state index in [1.165, 1.54) is 24.9 Å². The van der Waals surface area contributed by atoms with Gasteiger partial charge in [0.2, 0.25) is 0 Å². The Bertz CT molecular complexity index is 629. The van der Waals surface area contributed by atoms with Crippen LogP contribution in [-0.2, 0) is 6.54 Å². The zero-order valence-corrected chi connectivity index (χ0v) is 16.7. The Balaban J connectivity index is 1.28. The molecule has 1 saturated carbocycles. The number of likely N-dealkylation sites (tertiary alicyclic amines) is 1. The SMILES string of the molecule is CN1CCN(Cc2cccc(C(=O)N3CCC(NCC4CC4)CC3)c2)CC1. The second-order valence-electron chi connectivity index (χ2n) is 8.70. The lowest BCUT2D eigenvalue weighted by molar-refractivity contribution is 0.0704. The fourth-order valence-electron chi connectivity index (χ4n) is 4.19. The predicted octanol–water partition coefficient (Wildman–Crippen LogP) is 2.04. The largest absolute Gasteiger partial charge is 0.339 e. The van der Waals surface area contributed by atoms with E-state index in [4.69, 9.17) is 0 Å². The molecule has 148 valence electrons. The number of carbonyl (C=O) groups is 1. The van der Waals surface area contributed by atoms with E-state index < -0.39 is 0 Å². The van der Waals surface area contributed by atoms with Crippen LogP contribution in [0.3, 0.4) is 0 Å². The molecule has 0 aromatic heterocycles. The highest BCUT2D eigenvalue weighted by molar-refractivity contribution is 5.94. The van der Waals surface area contributed by atoms with Crippen LogP contribution in [0.2, 0.25) is 0 Å². The maximum atomic E-state index is 13.0. The maximum absolute atomic E-state index is 13.0. The summed E-state index contributed by atoms with van der Waals surface area (Å²) < 4.78 is 0. The molecule has 1 N–H and O–H groups in total. The first-order valence-electron chi connectivity index (χ1n) is 10.7. The van der Waals surface area contributed by atoms with Crippen LogP contribution in [0, 0.1) is 5.92 Å². The van der Waals surface area contributed by atoms with Crippen molar-refractivity contribution in [2.45, 2.75) is 38.3 Å². The van der Waals surface area contributed by atoms with Gasteiger partial charge >= 0.3 is 0 Å². The molecular formula is C22H34N4O. The van der Waals surface area contributed by atoms with Crippen LogP contribution in [0.1, 0.15) is 41.6 Å². The Morgan fingerprint density at radius 3 is 2.48 bits per heavy atom. The van der Waals surface area contributed by atoms with Crippen LogP contribution < -0.4 is 5.32 Å². The van der Waals surface area contributed by atoms with Crippen LogP contribution in [0.25, 0.3) is 0 Å².